The van der Waals surface area contributed by atoms with E-state index in [-0.39, 0.29) is 18.2 Å². The summed E-state index contributed by atoms with van der Waals surface area (Å²) in [7, 11) is 0. The molecule has 21 heavy (non-hydrogen) atoms. The number of halogens is 1. The number of carboxylic acids is 1. The van der Waals surface area contributed by atoms with E-state index in [4.69, 9.17) is 10.8 Å². The molecule has 0 radical (unpaired) electrons. The van der Waals surface area contributed by atoms with Gasteiger partial charge in [-0.3, -0.25) is 9.59 Å². The Morgan fingerprint density at radius 2 is 2.24 bits per heavy atom. The number of rotatable bonds is 6. The van der Waals surface area contributed by atoms with Crippen LogP contribution in [-0.2, 0) is 9.59 Å². The first-order valence-corrected chi connectivity index (χ1v) is 7.96. The third kappa shape index (κ3) is 3.76. The summed E-state index contributed by atoms with van der Waals surface area (Å²) in [4.78, 5) is 26.4. The van der Waals surface area contributed by atoms with Crippen LogP contribution in [0.3, 0.4) is 0 Å². The lowest BCUT2D eigenvalue weighted by Gasteiger charge is -2.15. The highest BCUT2D eigenvalue weighted by atomic mass is 79.9. The molecule has 6 nitrogen and oxygen atoms in total. The molecule has 0 aliphatic rings. The highest BCUT2D eigenvalue weighted by Crippen LogP contribution is 2.30. The molecular formula is C13H14BrN3O3S. The third-order valence-corrected chi connectivity index (χ3v) is 4.31. The van der Waals surface area contributed by atoms with Gasteiger partial charge in [0.1, 0.15) is 0 Å². The van der Waals surface area contributed by atoms with Crippen molar-refractivity contribution in [3.8, 4) is 0 Å². The number of primary amides is 1. The maximum Gasteiger partial charge on any atom is 0.313 e. The van der Waals surface area contributed by atoms with Gasteiger partial charge < -0.3 is 15.4 Å². The molecule has 0 fully saturated rings. The van der Waals surface area contributed by atoms with Crippen molar-refractivity contribution in [1.29, 1.82) is 0 Å². The number of nitrogens with zero attached hydrogens (tertiary/aromatic N) is 2. The van der Waals surface area contributed by atoms with Crippen LogP contribution < -0.4 is 5.73 Å². The molecule has 1 heterocycles. The molecule has 1 aromatic carbocycles. The molecule has 8 heteroatoms. The summed E-state index contributed by atoms with van der Waals surface area (Å²) < 4.78 is 2.75. The molecule has 0 aliphatic carbocycles. The van der Waals surface area contributed by atoms with Crippen LogP contribution in [0.25, 0.3) is 11.0 Å². The zero-order valence-corrected chi connectivity index (χ0v) is 13.6. The summed E-state index contributed by atoms with van der Waals surface area (Å²) in [5.41, 5.74) is 6.85. The quantitative estimate of drug-likeness (QED) is 0.759. The first-order chi connectivity index (χ1) is 9.88. The van der Waals surface area contributed by atoms with Crippen LogP contribution in [-0.4, -0.2) is 32.3 Å². The van der Waals surface area contributed by atoms with Gasteiger partial charge in [-0.15, -0.1) is 0 Å². The van der Waals surface area contributed by atoms with Gasteiger partial charge in [0.2, 0.25) is 5.91 Å². The van der Waals surface area contributed by atoms with E-state index in [0.717, 1.165) is 27.3 Å². The summed E-state index contributed by atoms with van der Waals surface area (Å²) in [5.74, 6) is -1.41. The Balaban J connectivity index is 2.49. The minimum atomic E-state index is -0.914. The van der Waals surface area contributed by atoms with Crippen molar-refractivity contribution in [2.24, 2.45) is 5.73 Å². The van der Waals surface area contributed by atoms with Gasteiger partial charge in [-0.05, 0) is 25.1 Å². The van der Waals surface area contributed by atoms with Crippen molar-refractivity contribution in [3.63, 3.8) is 0 Å². The van der Waals surface area contributed by atoms with Gasteiger partial charge in [0, 0.05) is 16.9 Å². The number of imidazole rings is 1. The SMILES string of the molecule is CC(CC(N)=O)n1c(SCC(=O)O)nc2ccc(Br)cc21. The second-order valence-electron chi connectivity index (χ2n) is 4.60. The molecular weight excluding hydrogens is 358 g/mol. The number of nitrogens with two attached hydrogens (primary N) is 1. The summed E-state index contributed by atoms with van der Waals surface area (Å²) in [6.07, 6.45) is 0.165. The molecule has 0 aliphatic heterocycles. The monoisotopic (exact) mass is 371 g/mol. The van der Waals surface area contributed by atoms with Gasteiger partial charge in [0.25, 0.3) is 0 Å². The molecule has 3 N–H and O–H groups in total. The minimum Gasteiger partial charge on any atom is -0.481 e. The van der Waals surface area contributed by atoms with Gasteiger partial charge >= 0.3 is 5.97 Å². The number of benzene rings is 1. The Hall–Kier alpha value is -1.54. The third-order valence-electron chi connectivity index (χ3n) is 2.88. The number of hydrogen-bond acceptors (Lipinski definition) is 4. The number of carboxylic acid groups (broad SMARTS) is 1. The van der Waals surface area contributed by atoms with Gasteiger partial charge in [0.15, 0.2) is 5.16 Å². The average Bonchev–Trinajstić information content (AvgIpc) is 2.73. The van der Waals surface area contributed by atoms with E-state index in [0.29, 0.717) is 5.16 Å². The van der Waals surface area contributed by atoms with Gasteiger partial charge in [0.05, 0.1) is 16.8 Å². The molecule has 0 spiro atoms. The van der Waals surface area contributed by atoms with Crippen molar-refractivity contribution in [2.45, 2.75) is 24.5 Å². The largest absolute Gasteiger partial charge is 0.481 e. The number of aromatic nitrogens is 2. The average molecular weight is 372 g/mol. The molecule has 2 aromatic rings. The van der Waals surface area contributed by atoms with Gasteiger partial charge in [-0.2, -0.15) is 0 Å². The van der Waals surface area contributed by atoms with E-state index in [1.165, 1.54) is 0 Å². The fourth-order valence-corrected chi connectivity index (χ4v) is 3.26. The second-order valence-corrected chi connectivity index (χ2v) is 6.46. The van der Waals surface area contributed by atoms with Crippen LogP contribution >= 0.6 is 27.7 Å². The lowest BCUT2D eigenvalue weighted by Crippen LogP contribution is -2.18. The number of carbonyl (C=O) groups excluding carboxylic acids is 1. The van der Waals surface area contributed by atoms with E-state index in [2.05, 4.69) is 20.9 Å². The van der Waals surface area contributed by atoms with E-state index in [1.54, 1.807) is 0 Å². The first kappa shape index (κ1) is 15.8. The minimum absolute atomic E-state index is 0.0895. The molecule has 0 saturated carbocycles. The van der Waals surface area contributed by atoms with Crippen LogP contribution in [0.2, 0.25) is 0 Å². The maximum atomic E-state index is 11.2. The zero-order valence-electron chi connectivity index (χ0n) is 11.2. The number of aliphatic carboxylic acids is 1. The van der Waals surface area contributed by atoms with Crippen molar-refractivity contribution < 1.29 is 14.7 Å². The van der Waals surface area contributed by atoms with Crippen molar-refractivity contribution in [2.75, 3.05) is 5.75 Å². The van der Waals surface area contributed by atoms with E-state index in [1.807, 2.05) is 29.7 Å². The Labute approximate surface area is 133 Å². The lowest BCUT2D eigenvalue weighted by atomic mass is 10.2. The number of carbonyl (C=O) groups is 2. The van der Waals surface area contributed by atoms with Gasteiger partial charge in [-0.25, -0.2) is 4.98 Å². The van der Waals surface area contributed by atoms with Gasteiger partial charge in [-0.1, -0.05) is 27.7 Å². The fourth-order valence-electron chi connectivity index (χ4n) is 2.08. The second kappa shape index (κ2) is 6.48. The first-order valence-electron chi connectivity index (χ1n) is 6.19. The van der Waals surface area contributed by atoms with Crippen molar-refractivity contribution >= 4 is 50.6 Å². The molecule has 112 valence electrons. The van der Waals surface area contributed by atoms with Crippen LogP contribution in [0.5, 0.6) is 0 Å². The topological polar surface area (TPSA) is 98.2 Å². The van der Waals surface area contributed by atoms with E-state index in [9.17, 15) is 9.59 Å². The molecule has 0 bridgehead atoms. The Morgan fingerprint density at radius 3 is 2.86 bits per heavy atom. The highest BCUT2D eigenvalue weighted by molar-refractivity contribution is 9.10. The van der Waals surface area contributed by atoms with Crippen LogP contribution in [0.15, 0.2) is 27.8 Å². The van der Waals surface area contributed by atoms with Crippen LogP contribution in [0.4, 0.5) is 0 Å². The molecule has 1 amide bonds. The van der Waals surface area contributed by atoms with E-state index >= 15 is 0 Å². The van der Waals surface area contributed by atoms with Crippen molar-refractivity contribution in [1.82, 2.24) is 9.55 Å². The number of amides is 1. The maximum absolute atomic E-state index is 11.2. The predicted molar refractivity (Wildman–Crippen MR) is 84.3 cm³/mol. The molecule has 1 atom stereocenters. The molecule has 0 saturated heterocycles. The Morgan fingerprint density at radius 1 is 1.52 bits per heavy atom. The summed E-state index contributed by atoms with van der Waals surface area (Å²) >= 11 is 4.53. The van der Waals surface area contributed by atoms with Crippen LogP contribution in [0, 0.1) is 0 Å². The molecule has 1 unspecified atom stereocenters. The van der Waals surface area contributed by atoms with Crippen LogP contribution in [0.1, 0.15) is 19.4 Å². The van der Waals surface area contributed by atoms with Crippen molar-refractivity contribution in [3.05, 3.63) is 22.7 Å². The molecule has 2 rings (SSSR count). The Kier molecular flexibility index (Phi) is 4.89. The van der Waals surface area contributed by atoms with E-state index < -0.39 is 11.9 Å². The number of thioether (sulfide) groups is 1. The predicted octanol–water partition coefficient (Wildman–Crippen LogP) is 2.41. The normalized spacial score (nSPS) is 12.5. The number of hydrogen-bond donors (Lipinski definition) is 2. The smallest absolute Gasteiger partial charge is 0.313 e. The summed E-state index contributed by atoms with van der Waals surface area (Å²) in [5, 5.41) is 9.40. The fraction of sp³-hybridized carbons (Fsp3) is 0.308. The lowest BCUT2D eigenvalue weighted by molar-refractivity contribution is -0.134. The Bertz CT molecular complexity index is 701. The standard InChI is InChI=1S/C13H14BrN3O3S/c1-7(4-11(15)18)17-10-5-8(14)2-3-9(10)16-13(17)21-6-12(19)20/h2-3,5,7H,4,6H2,1H3,(H2,15,18)(H,19,20). The highest BCUT2D eigenvalue weighted by Gasteiger charge is 2.18. The summed E-state index contributed by atoms with van der Waals surface area (Å²) in [6.45, 7) is 1.86. The number of fused-ring (bicyclic) bond motifs is 1. The summed E-state index contributed by atoms with van der Waals surface area (Å²) in [6, 6.07) is 5.41. The zero-order chi connectivity index (χ0) is 15.6. The molecule has 1 aromatic heterocycles.